The van der Waals surface area contributed by atoms with Crippen LogP contribution in [0.5, 0.6) is 0 Å². The molecule has 0 radical (unpaired) electrons. The Morgan fingerprint density at radius 2 is 0.935 bits per heavy atom. The Balaban J connectivity index is 1.18. The third kappa shape index (κ3) is 4.72. The second-order valence-corrected chi connectivity index (χ2v) is 12.9. The van der Waals surface area contributed by atoms with Gasteiger partial charge < -0.3 is 4.90 Å². The van der Waals surface area contributed by atoms with Crippen LogP contribution in [0.3, 0.4) is 0 Å². The van der Waals surface area contributed by atoms with E-state index in [9.17, 15) is 0 Å². The molecule has 0 aliphatic rings. The van der Waals surface area contributed by atoms with Crippen LogP contribution in [0.4, 0.5) is 17.1 Å². The van der Waals surface area contributed by atoms with Gasteiger partial charge in [0.2, 0.25) is 0 Å². The van der Waals surface area contributed by atoms with Gasteiger partial charge in [0, 0.05) is 37.2 Å². The van der Waals surface area contributed by atoms with Crippen LogP contribution in [-0.4, -0.2) is 0 Å². The molecule has 0 fully saturated rings. The van der Waals surface area contributed by atoms with Crippen molar-refractivity contribution in [2.24, 2.45) is 0 Å². The largest absolute Gasteiger partial charge is 0.310 e. The second kappa shape index (κ2) is 11.0. The molecule has 0 atom stereocenters. The van der Waals surface area contributed by atoms with Gasteiger partial charge in [0.15, 0.2) is 0 Å². The smallest absolute Gasteiger partial charge is 0.0468 e. The Hall–Kier alpha value is -5.70. The van der Waals surface area contributed by atoms with Crippen LogP contribution in [0.1, 0.15) is 0 Å². The fourth-order valence-electron chi connectivity index (χ4n) is 6.67. The monoisotopic (exact) mass is 603 g/mol. The summed E-state index contributed by atoms with van der Waals surface area (Å²) in [5, 5.41) is 7.68. The summed E-state index contributed by atoms with van der Waals surface area (Å²) >= 11 is 1.87. The van der Waals surface area contributed by atoms with Crippen molar-refractivity contribution in [3.05, 3.63) is 176 Å². The maximum absolute atomic E-state index is 2.38. The summed E-state index contributed by atoms with van der Waals surface area (Å²) in [6, 6.07) is 64.0. The molecule has 1 aromatic heterocycles. The minimum atomic E-state index is 1.12. The summed E-state index contributed by atoms with van der Waals surface area (Å²) < 4.78 is 2.65. The lowest BCUT2D eigenvalue weighted by Gasteiger charge is -2.26. The zero-order valence-electron chi connectivity index (χ0n) is 25.1. The standard InChI is InChI=1S/C44H29NS/c1-2-9-30(10-3-1)34-13-8-14-39(26-34)45(38-22-19-32(20-23-38)35-18-17-31-11-4-5-12-33(31)25-35)40-24-21-36-28-42-41-15-6-7-16-43(41)46-44(42)29-37(36)27-40/h1-29H. The van der Waals surface area contributed by atoms with Gasteiger partial charge in [0.25, 0.3) is 0 Å². The van der Waals surface area contributed by atoms with Gasteiger partial charge in [-0.3, -0.25) is 0 Å². The molecule has 1 nitrogen and oxygen atoms in total. The summed E-state index contributed by atoms with van der Waals surface area (Å²) in [6.45, 7) is 0. The molecule has 0 aliphatic carbocycles. The van der Waals surface area contributed by atoms with E-state index >= 15 is 0 Å². The second-order valence-electron chi connectivity index (χ2n) is 11.8. The van der Waals surface area contributed by atoms with E-state index in [-0.39, 0.29) is 0 Å². The van der Waals surface area contributed by atoms with Crippen molar-refractivity contribution < 1.29 is 0 Å². The van der Waals surface area contributed by atoms with Gasteiger partial charge in [-0.2, -0.15) is 0 Å². The maximum atomic E-state index is 2.38. The fourth-order valence-corrected chi connectivity index (χ4v) is 7.81. The molecule has 0 saturated heterocycles. The maximum Gasteiger partial charge on any atom is 0.0468 e. The minimum Gasteiger partial charge on any atom is -0.310 e. The summed E-state index contributed by atoms with van der Waals surface area (Å²) in [7, 11) is 0. The van der Waals surface area contributed by atoms with E-state index in [2.05, 4.69) is 181 Å². The van der Waals surface area contributed by atoms with E-state index in [1.807, 2.05) is 11.3 Å². The van der Waals surface area contributed by atoms with Crippen molar-refractivity contribution in [2.45, 2.75) is 0 Å². The van der Waals surface area contributed by atoms with Crippen molar-refractivity contribution in [1.29, 1.82) is 0 Å². The average Bonchev–Trinajstić information content (AvgIpc) is 3.48. The quantitative estimate of drug-likeness (QED) is 0.189. The predicted octanol–water partition coefficient (Wildman–Crippen LogP) is 13.2. The summed E-state index contributed by atoms with van der Waals surface area (Å²) in [4.78, 5) is 2.38. The Morgan fingerprint density at radius 1 is 0.304 bits per heavy atom. The Labute approximate surface area is 272 Å². The number of rotatable bonds is 5. The van der Waals surface area contributed by atoms with E-state index in [4.69, 9.17) is 0 Å². The molecular weight excluding hydrogens is 575 g/mol. The number of nitrogens with zero attached hydrogens (tertiary/aromatic N) is 1. The number of thiophene rings is 1. The SMILES string of the molecule is c1ccc(-c2cccc(N(c3ccc(-c4ccc5ccccc5c4)cc3)c3ccc4cc5c(cc4c3)sc3ccccc35)c2)cc1. The molecule has 0 aliphatic heterocycles. The van der Waals surface area contributed by atoms with Gasteiger partial charge in [-0.05, 0) is 104 Å². The lowest BCUT2D eigenvalue weighted by atomic mass is 10.0. The molecule has 8 aromatic carbocycles. The first-order valence-electron chi connectivity index (χ1n) is 15.7. The zero-order chi connectivity index (χ0) is 30.5. The van der Waals surface area contributed by atoms with Crippen LogP contribution >= 0.6 is 11.3 Å². The third-order valence-electron chi connectivity index (χ3n) is 9.00. The first-order chi connectivity index (χ1) is 22.8. The number of anilines is 3. The third-order valence-corrected chi connectivity index (χ3v) is 10.1. The van der Waals surface area contributed by atoms with Crippen LogP contribution in [0.2, 0.25) is 0 Å². The molecule has 0 saturated carbocycles. The Bertz CT molecular complexity index is 2530. The highest BCUT2D eigenvalue weighted by molar-refractivity contribution is 7.25. The van der Waals surface area contributed by atoms with Gasteiger partial charge >= 0.3 is 0 Å². The summed E-state index contributed by atoms with van der Waals surface area (Å²) in [5.74, 6) is 0. The molecule has 216 valence electrons. The number of fused-ring (bicyclic) bond motifs is 5. The molecule has 9 rings (SSSR count). The molecule has 0 unspecified atom stereocenters. The Kier molecular flexibility index (Phi) is 6.40. The van der Waals surface area contributed by atoms with Gasteiger partial charge in [0.05, 0.1) is 0 Å². The summed E-state index contributed by atoms with van der Waals surface area (Å²) in [5.41, 5.74) is 8.22. The van der Waals surface area contributed by atoms with Gasteiger partial charge in [-0.15, -0.1) is 11.3 Å². The van der Waals surface area contributed by atoms with Crippen LogP contribution < -0.4 is 4.90 Å². The van der Waals surface area contributed by atoms with Crippen molar-refractivity contribution in [3.63, 3.8) is 0 Å². The predicted molar refractivity (Wildman–Crippen MR) is 200 cm³/mol. The van der Waals surface area contributed by atoms with E-state index in [1.165, 1.54) is 64.0 Å². The molecule has 46 heavy (non-hydrogen) atoms. The highest BCUT2D eigenvalue weighted by Gasteiger charge is 2.16. The van der Waals surface area contributed by atoms with Crippen molar-refractivity contribution in [2.75, 3.05) is 4.90 Å². The van der Waals surface area contributed by atoms with E-state index in [0.717, 1.165) is 17.1 Å². The molecular formula is C44H29NS. The van der Waals surface area contributed by atoms with E-state index < -0.39 is 0 Å². The lowest BCUT2D eigenvalue weighted by molar-refractivity contribution is 1.29. The van der Waals surface area contributed by atoms with E-state index in [0.29, 0.717) is 0 Å². The highest BCUT2D eigenvalue weighted by Crippen LogP contribution is 2.41. The number of benzene rings is 8. The zero-order valence-corrected chi connectivity index (χ0v) is 25.9. The van der Waals surface area contributed by atoms with Crippen LogP contribution in [-0.2, 0) is 0 Å². The number of hydrogen-bond donors (Lipinski definition) is 0. The molecule has 0 bridgehead atoms. The van der Waals surface area contributed by atoms with E-state index in [1.54, 1.807) is 0 Å². The molecule has 0 N–H and O–H groups in total. The van der Waals surface area contributed by atoms with Gasteiger partial charge in [0.1, 0.15) is 0 Å². The fraction of sp³-hybridized carbons (Fsp3) is 0. The normalized spacial score (nSPS) is 11.5. The van der Waals surface area contributed by atoms with Crippen LogP contribution in [0.15, 0.2) is 176 Å². The minimum absolute atomic E-state index is 1.12. The average molecular weight is 604 g/mol. The molecule has 9 aromatic rings. The summed E-state index contributed by atoms with van der Waals surface area (Å²) in [6.07, 6.45) is 0. The highest BCUT2D eigenvalue weighted by atomic mass is 32.1. The van der Waals surface area contributed by atoms with Crippen molar-refractivity contribution in [3.8, 4) is 22.3 Å². The molecule has 2 heteroatoms. The van der Waals surface area contributed by atoms with Crippen LogP contribution in [0.25, 0.3) is 64.0 Å². The van der Waals surface area contributed by atoms with Gasteiger partial charge in [-0.1, -0.05) is 115 Å². The van der Waals surface area contributed by atoms with Crippen molar-refractivity contribution >= 4 is 70.1 Å². The van der Waals surface area contributed by atoms with Gasteiger partial charge in [-0.25, -0.2) is 0 Å². The number of hydrogen-bond acceptors (Lipinski definition) is 2. The van der Waals surface area contributed by atoms with Crippen LogP contribution in [0, 0.1) is 0 Å². The molecule has 0 spiro atoms. The first-order valence-corrected chi connectivity index (χ1v) is 16.5. The van der Waals surface area contributed by atoms with Crippen molar-refractivity contribution in [1.82, 2.24) is 0 Å². The molecule has 0 amide bonds. The molecule has 1 heterocycles. The lowest BCUT2D eigenvalue weighted by Crippen LogP contribution is -2.10. The Morgan fingerprint density at radius 3 is 1.83 bits per heavy atom. The topological polar surface area (TPSA) is 3.24 Å². The first kappa shape index (κ1) is 26.7.